The Balaban J connectivity index is 1.54. The van der Waals surface area contributed by atoms with Crippen LogP contribution >= 0.6 is 11.3 Å². The normalized spacial score (nSPS) is 11.8. The van der Waals surface area contributed by atoms with E-state index in [2.05, 4.69) is 20.7 Å². The fourth-order valence-corrected chi connectivity index (χ4v) is 3.26. The number of hydrogen-bond acceptors (Lipinski definition) is 5. The summed E-state index contributed by atoms with van der Waals surface area (Å²) >= 11 is 1.66. The van der Waals surface area contributed by atoms with Crippen molar-refractivity contribution in [2.45, 2.75) is 39.5 Å². The molecule has 0 aliphatic heterocycles. The minimum absolute atomic E-state index is 0.194. The Labute approximate surface area is 162 Å². The lowest BCUT2D eigenvalue weighted by atomic mass is 10.2. The minimum Gasteiger partial charge on any atom is -0.488 e. The molecule has 1 atom stereocenters. The first-order valence-corrected chi connectivity index (χ1v) is 9.78. The molecule has 8 heteroatoms. The average Bonchev–Trinajstić information content (AvgIpc) is 3.37. The summed E-state index contributed by atoms with van der Waals surface area (Å²) in [7, 11) is 0. The number of hydrogen-bond donors (Lipinski definition) is 2. The van der Waals surface area contributed by atoms with Gasteiger partial charge in [-0.1, -0.05) is 13.0 Å². The predicted molar refractivity (Wildman–Crippen MR) is 106 cm³/mol. The molecular formula is C19H23N5O2S. The maximum atomic E-state index is 12.3. The lowest BCUT2D eigenvalue weighted by Crippen LogP contribution is -2.33. The van der Waals surface area contributed by atoms with E-state index in [0.29, 0.717) is 18.8 Å². The zero-order valence-electron chi connectivity index (χ0n) is 15.4. The standard InChI is InChI=1S/C19H23N5O2S/c1-3-17(18-20-13-21-24(18)4-2)23-19(25)22-14-7-9-15(10-8-14)26-12-16-6-5-11-27-16/h5-11,13,17H,3-4,12H2,1-2H3,(H2,22,23,25)/t17-/m1/s1. The first-order chi connectivity index (χ1) is 13.2. The summed E-state index contributed by atoms with van der Waals surface area (Å²) in [5.74, 6) is 1.52. The van der Waals surface area contributed by atoms with E-state index in [9.17, 15) is 4.79 Å². The number of benzene rings is 1. The van der Waals surface area contributed by atoms with E-state index in [1.54, 1.807) is 16.0 Å². The second-order valence-electron chi connectivity index (χ2n) is 5.89. The van der Waals surface area contributed by atoms with Crippen LogP contribution in [0.4, 0.5) is 10.5 Å². The highest BCUT2D eigenvalue weighted by atomic mass is 32.1. The van der Waals surface area contributed by atoms with Crippen LogP contribution in [0.1, 0.15) is 37.0 Å². The van der Waals surface area contributed by atoms with Crippen molar-refractivity contribution in [2.24, 2.45) is 0 Å². The van der Waals surface area contributed by atoms with Gasteiger partial charge < -0.3 is 15.4 Å². The molecule has 27 heavy (non-hydrogen) atoms. The Morgan fingerprint density at radius 2 is 2.07 bits per heavy atom. The number of urea groups is 1. The summed E-state index contributed by atoms with van der Waals surface area (Å²) in [5, 5.41) is 12.0. The van der Waals surface area contributed by atoms with Gasteiger partial charge in [0.25, 0.3) is 0 Å². The number of carbonyl (C=O) groups is 1. The van der Waals surface area contributed by atoms with Crippen molar-refractivity contribution >= 4 is 23.1 Å². The summed E-state index contributed by atoms with van der Waals surface area (Å²) in [6, 6.07) is 10.9. The third kappa shape index (κ3) is 5.07. The lowest BCUT2D eigenvalue weighted by Gasteiger charge is -2.17. The monoisotopic (exact) mass is 385 g/mol. The summed E-state index contributed by atoms with van der Waals surface area (Å²) in [5.41, 5.74) is 0.697. The smallest absolute Gasteiger partial charge is 0.319 e. The number of aryl methyl sites for hydroxylation is 1. The Morgan fingerprint density at radius 3 is 2.74 bits per heavy atom. The van der Waals surface area contributed by atoms with E-state index >= 15 is 0 Å². The minimum atomic E-state index is -0.278. The Kier molecular flexibility index (Phi) is 6.43. The molecule has 0 saturated carbocycles. The van der Waals surface area contributed by atoms with Crippen LogP contribution in [0.25, 0.3) is 0 Å². The molecule has 2 amide bonds. The van der Waals surface area contributed by atoms with E-state index in [-0.39, 0.29) is 12.1 Å². The highest BCUT2D eigenvalue weighted by Crippen LogP contribution is 2.19. The van der Waals surface area contributed by atoms with Crippen LogP contribution in [0.5, 0.6) is 5.75 Å². The van der Waals surface area contributed by atoms with Gasteiger partial charge >= 0.3 is 6.03 Å². The molecule has 1 aromatic carbocycles. The zero-order valence-corrected chi connectivity index (χ0v) is 16.2. The van der Waals surface area contributed by atoms with Gasteiger partial charge in [-0.3, -0.25) is 0 Å². The molecule has 0 aliphatic rings. The number of rotatable bonds is 8. The molecule has 0 spiro atoms. The molecule has 142 valence electrons. The van der Waals surface area contributed by atoms with Gasteiger partial charge in [-0.05, 0) is 49.1 Å². The number of aromatic nitrogens is 3. The summed E-state index contributed by atoms with van der Waals surface area (Å²) in [6.07, 6.45) is 2.23. The molecule has 0 bridgehead atoms. The van der Waals surface area contributed by atoms with Crippen LogP contribution in [-0.4, -0.2) is 20.8 Å². The average molecular weight is 385 g/mol. The van der Waals surface area contributed by atoms with Gasteiger partial charge in [-0.15, -0.1) is 11.3 Å². The highest BCUT2D eigenvalue weighted by molar-refractivity contribution is 7.09. The van der Waals surface area contributed by atoms with Gasteiger partial charge in [0.2, 0.25) is 0 Å². The van der Waals surface area contributed by atoms with Crippen LogP contribution in [0, 0.1) is 0 Å². The molecule has 0 radical (unpaired) electrons. The molecule has 0 aliphatic carbocycles. The van der Waals surface area contributed by atoms with Crippen molar-refractivity contribution in [1.29, 1.82) is 0 Å². The molecule has 2 heterocycles. The maximum Gasteiger partial charge on any atom is 0.319 e. The summed E-state index contributed by atoms with van der Waals surface area (Å²) in [4.78, 5) is 17.8. The third-order valence-electron chi connectivity index (χ3n) is 4.04. The van der Waals surface area contributed by atoms with E-state index in [0.717, 1.165) is 18.0 Å². The number of thiophene rings is 1. The van der Waals surface area contributed by atoms with Gasteiger partial charge in [-0.2, -0.15) is 5.10 Å². The molecule has 7 nitrogen and oxygen atoms in total. The van der Waals surface area contributed by atoms with E-state index in [1.165, 1.54) is 11.2 Å². The zero-order chi connectivity index (χ0) is 19.1. The topological polar surface area (TPSA) is 81.1 Å². The van der Waals surface area contributed by atoms with Crippen LogP contribution in [0.15, 0.2) is 48.1 Å². The quantitative estimate of drug-likeness (QED) is 0.609. The SMILES string of the molecule is CC[C@@H](NC(=O)Nc1ccc(OCc2cccs2)cc1)c1ncnn1CC. The Hall–Kier alpha value is -2.87. The van der Waals surface area contributed by atoms with Gasteiger partial charge in [-0.25, -0.2) is 14.5 Å². The first-order valence-electron chi connectivity index (χ1n) is 8.90. The fraction of sp³-hybridized carbons (Fsp3) is 0.316. The van der Waals surface area contributed by atoms with E-state index in [4.69, 9.17) is 4.74 Å². The molecule has 2 N–H and O–H groups in total. The highest BCUT2D eigenvalue weighted by Gasteiger charge is 2.18. The number of nitrogens with one attached hydrogen (secondary N) is 2. The Morgan fingerprint density at radius 1 is 1.26 bits per heavy atom. The summed E-state index contributed by atoms with van der Waals surface area (Å²) < 4.78 is 7.52. The number of amides is 2. The van der Waals surface area contributed by atoms with Crippen LogP contribution in [-0.2, 0) is 13.2 Å². The molecule has 0 unspecified atom stereocenters. The molecule has 3 rings (SSSR count). The van der Waals surface area contributed by atoms with Crippen molar-refractivity contribution in [1.82, 2.24) is 20.1 Å². The van der Waals surface area contributed by atoms with E-state index in [1.807, 2.05) is 55.6 Å². The van der Waals surface area contributed by atoms with Crippen LogP contribution < -0.4 is 15.4 Å². The van der Waals surface area contributed by atoms with Crippen molar-refractivity contribution in [2.75, 3.05) is 5.32 Å². The van der Waals surface area contributed by atoms with Crippen molar-refractivity contribution in [3.63, 3.8) is 0 Å². The Bertz CT molecular complexity index is 845. The van der Waals surface area contributed by atoms with Crippen LogP contribution in [0.2, 0.25) is 0 Å². The number of carbonyl (C=O) groups excluding carboxylic acids is 1. The van der Waals surface area contributed by atoms with Gasteiger partial charge in [0, 0.05) is 17.1 Å². The number of nitrogens with zero attached hydrogens (tertiary/aromatic N) is 3. The predicted octanol–water partition coefficient (Wildman–Crippen LogP) is 4.21. The molecular weight excluding hydrogens is 362 g/mol. The fourth-order valence-electron chi connectivity index (χ4n) is 2.64. The maximum absolute atomic E-state index is 12.3. The van der Waals surface area contributed by atoms with Crippen molar-refractivity contribution < 1.29 is 9.53 Å². The second kappa shape index (κ2) is 9.18. The van der Waals surface area contributed by atoms with Crippen LogP contribution in [0.3, 0.4) is 0 Å². The third-order valence-corrected chi connectivity index (χ3v) is 4.89. The molecule has 2 aromatic heterocycles. The molecule has 0 fully saturated rings. The van der Waals surface area contributed by atoms with Crippen molar-refractivity contribution in [3.8, 4) is 5.75 Å². The number of anilines is 1. The van der Waals surface area contributed by atoms with Gasteiger partial charge in [0.05, 0.1) is 6.04 Å². The molecule has 3 aromatic rings. The van der Waals surface area contributed by atoms with E-state index < -0.39 is 0 Å². The number of ether oxygens (including phenoxy) is 1. The lowest BCUT2D eigenvalue weighted by molar-refractivity contribution is 0.247. The largest absolute Gasteiger partial charge is 0.488 e. The van der Waals surface area contributed by atoms with Gasteiger partial charge in [0.1, 0.15) is 24.5 Å². The second-order valence-corrected chi connectivity index (χ2v) is 6.92. The first kappa shape index (κ1) is 18.9. The van der Waals surface area contributed by atoms with Crippen molar-refractivity contribution in [3.05, 3.63) is 58.8 Å². The summed E-state index contributed by atoms with van der Waals surface area (Å²) in [6.45, 7) is 5.25. The van der Waals surface area contributed by atoms with Gasteiger partial charge in [0.15, 0.2) is 0 Å². The molecule has 0 saturated heterocycles.